The Labute approximate surface area is 123 Å². The lowest BCUT2D eigenvalue weighted by Crippen LogP contribution is -2.66. The quantitative estimate of drug-likeness (QED) is 0.673. The van der Waals surface area contributed by atoms with Gasteiger partial charge in [-0.2, -0.15) is 0 Å². The SMILES string of the molecule is COC(=O)C(NC(=O)N1CC(C)(OCC(=O)O)C1)C(C)C. The van der Waals surface area contributed by atoms with Crippen molar-refractivity contribution in [3.05, 3.63) is 0 Å². The lowest BCUT2D eigenvalue weighted by Gasteiger charge is -2.47. The van der Waals surface area contributed by atoms with Crippen LogP contribution in [-0.4, -0.2) is 66.4 Å². The minimum atomic E-state index is -1.05. The molecule has 1 heterocycles. The van der Waals surface area contributed by atoms with E-state index in [0.29, 0.717) is 0 Å². The van der Waals surface area contributed by atoms with Crippen molar-refractivity contribution in [2.75, 3.05) is 26.8 Å². The molecule has 0 radical (unpaired) electrons. The number of hydrogen-bond acceptors (Lipinski definition) is 5. The fraction of sp³-hybridized carbons (Fsp3) is 0.769. The van der Waals surface area contributed by atoms with Gasteiger partial charge in [0.25, 0.3) is 0 Å². The molecule has 0 aromatic rings. The highest BCUT2D eigenvalue weighted by Gasteiger charge is 2.43. The number of rotatable bonds is 6. The zero-order chi connectivity index (χ0) is 16.2. The van der Waals surface area contributed by atoms with E-state index in [0.717, 1.165) is 0 Å². The molecule has 1 atom stereocenters. The molecule has 0 aliphatic carbocycles. The Bertz CT molecular complexity index is 417. The third kappa shape index (κ3) is 4.59. The van der Waals surface area contributed by atoms with Gasteiger partial charge < -0.3 is 24.8 Å². The molecular weight excluding hydrogens is 280 g/mol. The first-order valence-corrected chi connectivity index (χ1v) is 6.67. The molecule has 1 fully saturated rings. The first-order valence-electron chi connectivity index (χ1n) is 6.67. The van der Waals surface area contributed by atoms with Crippen LogP contribution in [0, 0.1) is 5.92 Å². The van der Waals surface area contributed by atoms with Gasteiger partial charge in [0.05, 0.1) is 20.2 Å². The van der Waals surface area contributed by atoms with Crippen molar-refractivity contribution in [2.24, 2.45) is 5.92 Å². The van der Waals surface area contributed by atoms with Crippen LogP contribution in [0.4, 0.5) is 4.79 Å². The molecule has 0 bridgehead atoms. The molecule has 0 saturated carbocycles. The van der Waals surface area contributed by atoms with Crippen molar-refractivity contribution in [1.82, 2.24) is 10.2 Å². The molecule has 2 N–H and O–H groups in total. The molecule has 1 saturated heterocycles. The van der Waals surface area contributed by atoms with Gasteiger partial charge in [-0.25, -0.2) is 14.4 Å². The summed E-state index contributed by atoms with van der Waals surface area (Å²) < 4.78 is 9.87. The molecule has 1 rings (SSSR count). The normalized spacial score (nSPS) is 17.9. The van der Waals surface area contributed by atoms with Crippen LogP contribution in [0.1, 0.15) is 20.8 Å². The Kier molecular flexibility index (Phi) is 5.54. The number of likely N-dealkylation sites (tertiary alicyclic amines) is 1. The number of nitrogens with one attached hydrogen (secondary N) is 1. The first kappa shape index (κ1) is 17.2. The summed E-state index contributed by atoms with van der Waals surface area (Å²) in [6, 6.07) is -1.11. The lowest BCUT2D eigenvalue weighted by atomic mass is 9.96. The van der Waals surface area contributed by atoms with Gasteiger partial charge in [-0.1, -0.05) is 13.8 Å². The highest BCUT2D eigenvalue weighted by Crippen LogP contribution is 2.24. The van der Waals surface area contributed by atoms with Crippen molar-refractivity contribution in [3.63, 3.8) is 0 Å². The summed E-state index contributed by atoms with van der Waals surface area (Å²) in [6.45, 7) is 5.50. The summed E-state index contributed by atoms with van der Waals surface area (Å²) in [5.74, 6) is -1.65. The predicted octanol–water partition coefficient (Wildman–Crippen LogP) is 0.0691. The Morgan fingerprint density at radius 3 is 2.33 bits per heavy atom. The summed E-state index contributed by atoms with van der Waals surface area (Å²) in [6.07, 6.45) is 0. The van der Waals surface area contributed by atoms with Crippen LogP contribution in [0.2, 0.25) is 0 Å². The number of carboxylic acids is 1. The molecule has 1 aliphatic rings. The topological polar surface area (TPSA) is 105 Å². The van der Waals surface area contributed by atoms with Crippen LogP contribution >= 0.6 is 0 Å². The van der Waals surface area contributed by atoms with Crippen LogP contribution in [0.3, 0.4) is 0 Å². The summed E-state index contributed by atoms with van der Waals surface area (Å²) in [5, 5.41) is 11.2. The Hall–Kier alpha value is -1.83. The Morgan fingerprint density at radius 1 is 1.33 bits per heavy atom. The van der Waals surface area contributed by atoms with E-state index in [4.69, 9.17) is 9.84 Å². The fourth-order valence-corrected chi connectivity index (χ4v) is 2.08. The maximum absolute atomic E-state index is 12.0. The molecule has 0 aromatic heterocycles. The van der Waals surface area contributed by atoms with Crippen LogP contribution in [0.15, 0.2) is 0 Å². The molecule has 120 valence electrons. The van der Waals surface area contributed by atoms with Gasteiger partial charge in [0.2, 0.25) is 0 Å². The first-order chi connectivity index (χ1) is 9.68. The van der Waals surface area contributed by atoms with Crippen molar-refractivity contribution < 1.29 is 29.0 Å². The van der Waals surface area contributed by atoms with Crippen molar-refractivity contribution in [2.45, 2.75) is 32.4 Å². The zero-order valence-electron chi connectivity index (χ0n) is 12.7. The smallest absolute Gasteiger partial charge is 0.329 e. The largest absolute Gasteiger partial charge is 0.480 e. The van der Waals surface area contributed by atoms with E-state index >= 15 is 0 Å². The van der Waals surface area contributed by atoms with E-state index in [1.54, 1.807) is 20.8 Å². The second kappa shape index (κ2) is 6.75. The van der Waals surface area contributed by atoms with Crippen LogP contribution in [-0.2, 0) is 19.1 Å². The van der Waals surface area contributed by atoms with Crippen molar-refractivity contribution >= 4 is 18.0 Å². The zero-order valence-corrected chi connectivity index (χ0v) is 12.7. The average Bonchev–Trinajstić information content (AvgIpc) is 2.37. The number of carbonyl (C=O) groups is 3. The Morgan fingerprint density at radius 2 is 1.90 bits per heavy atom. The summed E-state index contributed by atoms with van der Waals surface area (Å²) in [4.78, 5) is 35.5. The van der Waals surface area contributed by atoms with E-state index in [1.165, 1.54) is 12.0 Å². The number of ether oxygens (including phenoxy) is 2. The third-order valence-electron chi connectivity index (χ3n) is 3.28. The van der Waals surface area contributed by atoms with E-state index < -0.39 is 36.2 Å². The Balaban J connectivity index is 2.48. The molecule has 1 aliphatic heterocycles. The summed E-state index contributed by atoms with van der Waals surface area (Å²) in [5.41, 5.74) is -0.658. The number of amides is 2. The van der Waals surface area contributed by atoms with Crippen LogP contribution < -0.4 is 5.32 Å². The molecule has 21 heavy (non-hydrogen) atoms. The van der Waals surface area contributed by atoms with Gasteiger partial charge in [-0.3, -0.25) is 0 Å². The van der Waals surface area contributed by atoms with Crippen LogP contribution in [0.5, 0.6) is 0 Å². The molecule has 0 aromatic carbocycles. The van der Waals surface area contributed by atoms with Crippen molar-refractivity contribution in [3.8, 4) is 0 Å². The number of carbonyl (C=O) groups excluding carboxylic acids is 2. The molecule has 0 spiro atoms. The van der Waals surface area contributed by atoms with Gasteiger partial charge in [-0.15, -0.1) is 0 Å². The predicted molar refractivity (Wildman–Crippen MR) is 72.7 cm³/mol. The number of aliphatic carboxylic acids is 1. The van der Waals surface area contributed by atoms with Crippen LogP contribution in [0.25, 0.3) is 0 Å². The number of urea groups is 1. The maximum atomic E-state index is 12.0. The van der Waals surface area contributed by atoms with Gasteiger partial charge in [-0.05, 0) is 12.8 Å². The monoisotopic (exact) mass is 302 g/mol. The summed E-state index contributed by atoms with van der Waals surface area (Å²) >= 11 is 0. The second-order valence-electron chi connectivity index (χ2n) is 5.68. The van der Waals surface area contributed by atoms with Gasteiger partial charge in [0.1, 0.15) is 18.2 Å². The minimum Gasteiger partial charge on any atom is -0.480 e. The van der Waals surface area contributed by atoms with E-state index in [9.17, 15) is 14.4 Å². The van der Waals surface area contributed by atoms with E-state index in [-0.39, 0.29) is 19.0 Å². The standard InChI is InChI=1S/C13H22N2O6/c1-8(2)10(11(18)20-4)14-12(19)15-6-13(3,7-15)21-5-9(16)17/h8,10H,5-7H2,1-4H3,(H,14,19)(H,16,17). The third-order valence-corrected chi connectivity index (χ3v) is 3.28. The minimum absolute atomic E-state index is 0.0997. The second-order valence-corrected chi connectivity index (χ2v) is 5.68. The number of methoxy groups -OCH3 is 1. The maximum Gasteiger partial charge on any atom is 0.329 e. The van der Waals surface area contributed by atoms with Gasteiger partial charge in [0.15, 0.2) is 0 Å². The van der Waals surface area contributed by atoms with Crippen molar-refractivity contribution in [1.29, 1.82) is 0 Å². The number of hydrogen-bond donors (Lipinski definition) is 2. The molecular formula is C13H22N2O6. The van der Waals surface area contributed by atoms with E-state index in [2.05, 4.69) is 10.1 Å². The highest BCUT2D eigenvalue weighted by atomic mass is 16.5. The average molecular weight is 302 g/mol. The fourth-order valence-electron chi connectivity index (χ4n) is 2.08. The van der Waals surface area contributed by atoms with E-state index in [1.807, 2.05) is 0 Å². The van der Waals surface area contributed by atoms with Gasteiger partial charge in [0, 0.05) is 0 Å². The molecule has 8 nitrogen and oxygen atoms in total. The number of carboxylic acid groups (broad SMARTS) is 1. The lowest BCUT2D eigenvalue weighted by molar-refractivity contribution is -0.160. The highest BCUT2D eigenvalue weighted by molar-refractivity contribution is 5.84. The molecule has 8 heteroatoms. The van der Waals surface area contributed by atoms with Gasteiger partial charge >= 0.3 is 18.0 Å². The number of nitrogens with zero attached hydrogens (tertiary/aromatic N) is 1. The summed E-state index contributed by atoms with van der Waals surface area (Å²) in [7, 11) is 1.27. The molecule has 1 unspecified atom stereocenters. The number of esters is 1. The molecule has 2 amide bonds.